The number of nitrogens with zero attached hydrogens (tertiary/aromatic N) is 1. The second-order valence-electron chi connectivity index (χ2n) is 4.58. The van der Waals surface area contributed by atoms with E-state index >= 15 is 0 Å². The lowest BCUT2D eigenvalue weighted by atomic mass is 10.2. The summed E-state index contributed by atoms with van der Waals surface area (Å²) < 4.78 is 9.76. The van der Waals surface area contributed by atoms with Crippen LogP contribution in [0.5, 0.6) is 0 Å². The maximum Gasteiger partial charge on any atom is 0.329 e. The Bertz CT molecular complexity index is 440. The molecule has 110 valence electrons. The third kappa shape index (κ3) is 3.82. The number of amides is 1. The van der Waals surface area contributed by atoms with Gasteiger partial charge in [0.1, 0.15) is 6.04 Å². The Kier molecular flexibility index (Phi) is 5.14. The van der Waals surface area contributed by atoms with Gasteiger partial charge in [0.25, 0.3) is 5.91 Å². The van der Waals surface area contributed by atoms with Crippen molar-refractivity contribution in [2.75, 3.05) is 39.8 Å². The monoisotopic (exact) mass is 281 g/mol. The fourth-order valence-electron chi connectivity index (χ4n) is 2.11. The van der Waals surface area contributed by atoms with Gasteiger partial charge in [-0.25, -0.2) is 4.79 Å². The molecule has 0 spiro atoms. The number of carbonyl (C=O) groups excluding carboxylic acids is 2. The average Bonchev–Trinajstić information content (AvgIpc) is 3.01. The number of piperazine rings is 1. The smallest absolute Gasteiger partial charge is 0.329 e. The maximum absolute atomic E-state index is 11.9. The molecule has 20 heavy (non-hydrogen) atoms. The molecule has 2 N–H and O–H groups in total. The standard InChI is InChI=1S/C13H19N3O4/c1-19-13(18)10(9-16-6-4-14-5-7-16)15-12(17)11-3-2-8-20-11/h2-3,8,10,14H,4-7,9H2,1H3,(H,15,17)/t10-/m0/s1. The Labute approximate surface area is 117 Å². The van der Waals surface area contributed by atoms with Crippen molar-refractivity contribution in [2.45, 2.75) is 6.04 Å². The number of furan rings is 1. The lowest BCUT2D eigenvalue weighted by Gasteiger charge is -2.30. The fourth-order valence-corrected chi connectivity index (χ4v) is 2.11. The van der Waals surface area contributed by atoms with E-state index in [1.807, 2.05) is 0 Å². The molecular weight excluding hydrogens is 262 g/mol. The maximum atomic E-state index is 11.9. The SMILES string of the molecule is COC(=O)[C@H](CN1CCNCC1)NC(=O)c1ccco1. The van der Waals surface area contributed by atoms with Gasteiger partial charge < -0.3 is 19.8 Å². The fraction of sp³-hybridized carbons (Fsp3) is 0.538. The molecule has 0 bridgehead atoms. The van der Waals surface area contributed by atoms with Crippen LogP contribution in [-0.2, 0) is 9.53 Å². The number of hydrogen-bond donors (Lipinski definition) is 2. The van der Waals surface area contributed by atoms with Crippen LogP contribution in [0.4, 0.5) is 0 Å². The first kappa shape index (κ1) is 14.5. The second-order valence-corrected chi connectivity index (χ2v) is 4.58. The molecule has 1 aliphatic heterocycles. The van der Waals surface area contributed by atoms with Crippen LogP contribution in [0.1, 0.15) is 10.6 Å². The molecular formula is C13H19N3O4. The van der Waals surface area contributed by atoms with Crippen molar-refractivity contribution in [3.05, 3.63) is 24.2 Å². The van der Waals surface area contributed by atoms with Crippen molar-refractivity contribution in [2.24, 2.45) is 0 Å². The van der Waals surface area contributed by atoms with Crippen molar-refractivity contribution in [1.29, 1.82) is 0 Å². The molecule has 0 unspecified atom stereocenters. The van der Waals surface area contributed by atoms with Crippen LogP contribution in [0.2, 0.25) is 0 Å². The van der Waals surface area contributed by atoms with Crippen molar-refractivity contribution >= 4 is 11.9 Å². The van der Waals surface area contributed by atoms with Crippen LogP contribution in [0, 0.1) is 0 Å². The topological polar surface area (TPSA) is 83.8 Å². The molecule has 1 aromatic heterocycles. The third-order valence-corrected chi connectivity index (χ3v) is 3.19. The predicted molar refractivity (Wildman–Crippen MR) is 71.3 cm³/mol. The second kappa shape index (κ2) is 7.06. The minimum Gasteiger partial charge on any atom is -0.467 e. The van der Waals surface area contributed by atoms with Gasteiger partial charge in [-0.15, -0.1) is 0 Å². The van der Waals surface area contributed by atoms with Crippen molar-refractivity contribution in [3.63, 3.8) is 0 Å². The molecule has 1 fully saturated rings. The van der Waals surface area contributed by atoms with Gasteiger partial charge >= 0.3 is 5.97 Å². The number of methoxy groups -OCH3 is 1. The number of ether oxygens (including phenoxy) is 1. The summed E-state index contributed by atoms with van der Waals surface area (Å²) in [6, 6.07) is 2.48. The summed E-state index contributed by atoms with van der Waals surface area (Å²) in [7, 11) is 1.31. The van der Waals surface area contributed by atoms with E-state index in [1.165, 1.54) is 13.4 Å². The van der Waals surface area contributed by atoms with E-state index < -0.39 is 17.9 Å². The summed E-state index contributed by atoms with van der Waals surface area (Å²) in [5, 5.41) is 5.88. The van der Waals surface area contributed by atoms with Crippen LogP contribution in [-0.4, -0.2) is 62.7 Å². The molecule has 1 aromatic rings. The van der Waals surface area contributed by atoms with E-state index in [0.717, 1.165) is 26.2 Å². The van der Waals surface area contributed by atoms with Crippen LogP contribution in [0.25, 0.3) is 0 Å². The normalized spacial score (nSPS) is 17.4. The first-order chi connectivity index (χ1) is 9.70. The van der Waals surface area contributed by atoms with E-state index in [1.54, 1.807) is 12.1 Å². The number of hydrogen-bond acceptors (Lipinski definition) is 6. The Balaban J connectivity index is 1.96. The Hall–Kier alpha value is -1.86. The highest BCUT2D eigenvalue weighted by atomic mass is 16.5. The van der Waals surface area contributed by atoms with E-state index in [4.69, 9.17) is 9.15 Å². The highest BCUT2D eigenvalue weighted by Gasteiger charge is 2.26. The van der Waals surface area contributed by atoms with Crippen LogP contribution >= 0.6 is 0 Å². The molecule has 0 aromatic carbocycles. The molecule has 0 radical (unpaired) electrons. The van der Waals surface area contributed by atoms with Gasteiger partial charge in [-0.1, -0.05) is 0 Å². The number of carbonyl (C=O) groups is 2. The van der Waals surface area contributed by atoms with Crippen molar-refractivity contribution in [1.82, 2.24) is 15.5 Å². The summed E-state index contributed by atoms with van der Waals surface area (Å²) >= 11 is 0. The first-order valence-electron chi connectivity index (χ1n) is 6.56. The zero-order valence-corrected chi connectivity index (χ0v) is 11.4. The highest BCUT2D eigenvalue weighted by Crippen LogP contribution is 2.03. The molecule has 1 aliphatic rings. The number of nitrogens with one attached hydrogen (secondary N) is 2. The molecule has 1 atom stereocenters. The van der Waals surface area contributed by atoms with Crippen LogP contribution in [0.3, 0.4) is 0 Å². The quantitative estimate of drug-likeness (QED) is 0.705. The zero-order valence-electron chi connectivity index (χ0n) is 11.4. The summed E-state index contributed by atoms with van der Waals surface area (Å²) in [5.74, 6) is -0.691. The van der Waals surface area contributed by atoms with Crippen molar-refractivity contribution in [3.8, 4) is 0 Å². The highest BCUT2D eigenvalue weighted by molar-refractivity contribution is 5.94. The molecule has 1 amide bonds. The molecule has 7 nitrogen and oxygen atoms in total. The number of esters is 1. The number of rotatable bonds is 5. The van der Waals surface area contributed by atoms with E-state index in [-0.39, 0.29) is 5.76 Å². The minimum atomic E-state index is -0.698. The van der Waals surface area contributed by atoms with Gasteiger partial charge in [0.15, 0.2) is 5.76 Å². The van der Waals surface area contributed by atoms with E-state index in [2.05, 4.69) is 15.5 Å². The van der Waals surface area contributed by atoms with Crippen LogP contribution in [0.15, 0.2) is 22.8 Å². The van der Waals surface area contributed by atoms with E-state index in [0.29, 0.717) is 6.54 Å². The van der Waals surface area contributed by atoms with Gasteiger partial charge in [0, 0.05) is 32.7 Å². The van der Waals surface area contributed by atoms with Crippen molar-refractivity contribution < 1.29 is 18.7 Å². The lowest BCUT2D eigenvalue weighted by Crippen LogP contribution is -2.53. The Morgan fingerprint density at radius 3 is 2.85 bits per heavy atom. The molecule has 0 aliphatic carbocycles. The van der Waals surface area contributed by atoms with Gasteiger partial charge in [-0.3, -0.25) is 9.69 Å². The summed E-state index contributed by atoms with van der Waals surface area (Å²) in [4.78, 5) is 25.8. The van der Waals surface area contributed by atoms with Gasteiger partial charge in [0.05, 0.1) is 13.4 Å². The summed E-state index contributed by atoms with van der Waals surface area (Å²) in [6.07, 6.45) is 1.42. The molecule has 2 heterocycles. The van der Waals surface area contributed by atoms with Crippen LogP contribution < -0.4 is 10.6 Å². The molecule has 7 heteroatoms. The Morgan fingerprint density at radius 1 is 1.50 bits per heavy atom. The molecule has 2 rings (SSSR count). The largest absolute Gasteiger partial charge is 0.467 e. The summed E-state index contributed by atoms with van der Waals surface area (Å²) in [5.41, 5.74) is 0. The zero-order chi connectivity index (χ0) is 14.4. The lowest BCUT2D eigenvalue weighted by molar-refractivity contribution is -0.143. The molecule has 1 saturated heterocycles. The third-order valence-electron chi connectivity index (χ3n) is 3.19. The molecule has 0 saturated carbocycles. The van der Waals surface area contributed by atoms with Gasteiger partial charge in [-0.2, -0.15) is 0 Å². The average molecular weight is 281 g/mol. The predicted octanol–water partition coefficient (Wildman–Crippen LogP) is -0.544. The Morgan fingerprint density at radius 2 is 2.25 bits per heavy atom. The minimum absolute atomic E-state index is 0.180. The summed E-state index contributed by atoms with van der Waals surface area (Å²) in [6.45, 7) is 3.86. The van der Waals surface area contributed by atoms with E-state index in [9.17, 15) is 9.59 Å². The van der Waals surface area contributed by atoms with Gasteiger partial charge in [-0.05, 0) is 12.1 Å². The van der Waals surface area contributed by atoms with Gasteiger partial charge in [0.2, 0.25) is 0 Å². The first-order valence-corrected chi connectivity index (χ1v) is 6.56.